The number of furan rings is 1. The molecule has 3 saturated carbocycles. The standard InChI is InChI=1S/C23H33NO2/c1-16-5-10-20-22(2,19(16)9-6-17-11-14-26-15-17)12-4-13-23(20,3)21(25)24-18-7-8-18/h11,14-15,18-20H,1,4-10,12-13H2,2-3H3,(H,24,25)/t19-,20+,22+,23+/m1/s1. The average Bonchev–Trinajstić information content (AvgIpc) is 3.25. The minimum Gasteiger partial charge on any atom is -0.472 e. The Morgan fingerprint density at radius 3 is 2.81 bits per heavy atom. The predicted octanol–water partition coefficient (Wildman–Crippen LogP) is 5.27. The number of rotatable bonds is 5. The van der Waals surface area contributed by atoms with Crippen LogP contribution in [0.1, 0.15) is 70.8 Å². The summed E-state index contributed by atoms with van der Waals surface area (Å²) in [4.78, 5) is 13.2. The molecule has 0 radical (unpaired) electrons. The first-order valence-electron chi connectivity index (χ1n) is 10.4. The van der Waals surface area contributed by atoms with Crippen LogP contribution < -0.4 is 5.32 Å². The van der Waals surface area contributed by atoms with Gasteiger partial charge in [0.05, 0.1) is 12.5 Å². The van der Waals surface area contributed by atoms with Gasteiger partial charge in [-0.2, -0.15) is 0 Å². The fourth-order valence-electron chi connectivity index (χ4n) is 6.08. The molecule has 0 bridgehead atoms. The van der Waals surface area contributed by atoms with Crippen LogP contribution in [0.2, 0.25) is 0 Å². The van der Waals surface area contributed by atoms with Gasteiger partial charge in [-0.15, -0.1) is 0 Å². The molecule has 0 aromatic carbocycles. The van der Waals surface area contributed by atoms with E-state index in [9.17, 15) is 4.79 Å². The monoisotopic (exact) mass is 355 g/mol. The van der Waals surface area contributed by atoms with E-state index >= 15 is 0 Å². The lowest BCUT2D eigenvalue weighted by Gasteiger charge is -2.58. The number of allylic oxidation sites excluding steroid dienone is 1. The maximum Gasteiger partial charge on any atom is 0.226 e. The second-order valence-corrected chi connectivity index (χ2v) is 9.50. The summed E-state index contributed by atoms with van der Waals surface area (Å²) >= 11 is 0. The fourth-order valence-corrected chi connectivity index (χ4v) is 6.08. The van der Waals surface area contributed by atoms with Crippen LogP contribution in [-0.4, -0.2) is 11.9 Å². The molecular formula is C23H33NO2. The van der Waals surface area contributed by atoms with E-state index in [0.717, 1.165) is 51.4 Å². The van der Waals surface area contributed by atoms with Crippen LogP contribution >= 0.6 is 0 Å². The summed E-state index contributed by atoms with van der Waals surface area (Å²) in [6.45, 7) is 9.15. The van der Waals surface area contributed by atoms with Crippen molar-refractivity contribution < 1.29 is 9.21 Å². The first-order chi connectivity index (χ1) is 12.4. The first-order valence-corrected chi connectivity index (χ1v) is 10.4. The van der Waals surface area contributed by atoms with Gasteiger partial charge in [0.25, 0.3) is 0 Å². The van der Waals surface area contributed by atoms with Crippen LogP contribution in [-0.2, 0) is 11.2 Å². The van der Waals surface area contributed by atoms with E-state index in [0.29, 0.717) is 23.8 Å². The molecule has 1 heterocycles. The van der Waals surface area contributed by atoms with Crippen molar-refractivity contribution in [1.29, 1.82) is 0 Å². The molecule has 3 aliphatic rings. The molecule has 3 fully saturated rings. The van der Waals surface area contributed by atoms with Gasteiger partial charge < -0.3 is 9.73 Å². The van der Waals surface area contributed by atoms with Gasteiger partial charge in [-0.3, -0.25) is 4.79 Å². The Balaban J connectivity index is 1.56. The van der Waals surface area contributed by atoms with E-state index in [1.54, 1.807) is 6.26 Å². The molecule has 3 aliphatic carbocycles. The van der Waals surface area contributed by atoms with E-state index < -0.39 is 0 Å². The van der Waals surface area contributed by atoms with Crippen molar-refractivity contribution in [3.8, 4) is 0 Å². The zero-order valence-corrected chi connectivity index (χ0v) is 16.4. The van der Waals surface area contributed by atoms with E-state index in [1.165, 1.54) is 17.6 Å². The normalized spacial score (nSPS) is 37.2. The van der Waals surface area contributed by atoms with Crippen LogP contribution in [0.15, 0.2) is 35.2 Å². The van der Waals surface area contributed by atoms with Crippen molar-refractivity contribution >= 4 is 5.91 Å². The molecular weight excluding hydrogens is 322 g/mol. The molecule has 142 valence electrons. The van der Waals surface area contributed by atoms with Gasteiger partial charge in [-0.1, -0.05) is 32.4 Å². The van der Waals surface area contributed by atoms with Crippen molar-refractivity contribution in [2.45, 2.75) is 77.7 Å². The molecule has 1 aromatic heterocycles. The molecule has 0 unspecified atom stereocenters. The summed E-state index contributed by atoms with van der Waals surface area (Å²) in [5, 5.41) is 3.32. The minimum absolute atomic E-state index is 0.187. The number of hydrogen-bond donors (Lipinski definition) is 1. The summed E-state index contributed by atoms with van der Waals surface area (Å²) in [5.41, 5.74) is 2.64. The number of amides is 1. The van der Waals surface area contributed by atoms with Gasteiger partial charge in [-0.05, 0) is 80.2 Å². The maximum absolute atomic E-state index is 13.2. The highest BCUT2D eigenvalue weighted by atomic mass is 16.3. The molecule has 3 heteroatoms. The fraction of sp³-hybridized carbons (Fsp3) is 0.696. The molecule has 4 rings (SSSR count). The van der Waals surface area contributed by atoms with Crippen LogP contribution in [0.3, 0.4) is 0 Å². The summed E-state index contributed by atoms with van der Waals surface area (Å²) in [5.74, 6) is 1.28. The van der Waals surface area contributed by atoms with E-state index in [2.05, 4.69) is 31.8 Å². The lowest BCUT2D eigenvalue weighted by Crippen LogP contribution is -2.56. The zero-order valence-electron chi connectivity index (χ0n) is 16.4. The third-order valence-corrected chi connectivity index (χ3v) is 7.75. The highest BCUT2D eigenvalue weighted by molar-refractivity contribution is 5.83. The molecule has 4 atom stereocenters. The highest BCUT2D eigenvalue weighted by Crippen LogP contribution is 2.62. The van der Waals surface area contributed by atoms with E-state index in [4.69, 9.17) is 4.42 Å². The maximum atomic E-state index is 13.2. The molecule has 1 N–H and O–H groups in total. The minimum atomic E-state index is -0.218. The molecule has 3 nitrogen and oxygen atoms in total. The second kappa shape index (κ2) is 6.58. The molecule has 1 amide bonds. The number of aryl methyl sites for hydroxylation is 1. The average molecular weight is 356 g/mol. The van der Waals surface area contributed by atoms with Crippen molar-refractivity contribution in [2.75, 3.05) is 0 Å². The van der Waals surface area contributed by atoms with Gasteiger partial charge in [0.15, 0.2) is 0 Å². The second-order valence-electron chi connectivity index (χ2n) is 9.50. The van der Waals surface area contributed by atoms with Gasteiger partial charge in [0.1, 0.15) is 0 Å². The predicted molar refractivity (Wildman–Crippen MR) is 104 cm³/mol. The van der Waals surface area contributed by atoms with Crippen LogP contribution in [0.25, 0.3) is 0 Å². The molecule has 1 aromatic rings. The number of hydrogen-bond acceptors (Lipinski definition) is 2. The molecule has 0 aliphatic heterocycles. The smallest absolute Gasteiger partial charge is 0.226 e. The van der Waals surface area contributed by atoms with Gasteiger partial charge in [0, 0.05) is 11.5 Å². The zero-order chi connectivity index (χ0) is 18.4. The van der Waals surface area contributed by atoms with Crippen molar-refractivity contribution in [1.82, 2.24) is 5.32 Å². The Kier molecular flexibility index (Phi) is 4.53. The number of fused-ring (bicyclic) bond motifs is 1. The SMILES string of the molecule is C=C1CC[C@H]2[C@@](C)(CCC[C@]2(C)C(=O)NC2CC2)[C@@H]1CCc1ccoc1. The summed E-state index contributed by atoms with van der Waals surface area (Å²) in [7, 11) is 0. The van der Waals surface area contributed by atoms with Gasteiger partial charge in [-0.25, -0.2) is 0 Å². The summed E-state index contributed by atoms with van der Waals surface area (Å²) in [6.07, 6.45) is 13.7. The van der Waals surface area contributed by atoms with Crippen LogP contribution in [0, 0.1) is 22.7 Å². The Morgan fingerprint density at radius 2 is 2.12 bits per heavy atom. The first kappa shape index (κ1) is 17.9. The Hall–Kier alpha value is -1.51. The van der Waals surface area contributed by atoms with Gasteiger partial charge in [0.2, 0.25) is 5.91 Å². The van der Waals surface area contributed by atoms with E-state index in [-0.39, 0.29) is 10.8 Å². The third-order valence-electron chi connectivity index (χ3n) is 7.75. The lowest BCUT2D eigenvalue weighted by molar-refractivity contribution is -0.146. The number of carbonyl (C=O) groups is 1. The Labute approximate surface area is 157 Å². The largest absolute Gasteiger partial charge is 0.472 e. The number of carbonyl (C=O) groups excluding carboxylic acids is 1. The molecule has 0 spiro atoms. The number of nitrogens with one attached hydrogen (secondary N) is 1. The van der Waals surface area contributed by atoms with Gasteiger partial charge >= 0.3 is 0 Å². The van der Waals surface area contributed by atoms with Crippen molar-refractivity contribution in [2.24, 2.45) is 22.7 Å². The topological polar surface area (TPSA) is 42.2 Å². The quantitative estimate of drug-likeness (QED) is 0.731. The third kappa shape index (κ3) is 3.04. The van der Waals surface area contributed by atoms with Crippen LogP contribution in [0.4, 0.5) is 0 Å². The van der Waals surface area contributed by atoms with Crippen molar-refractivity contribution in [3.63, 3.8) is 0 Å². The Morgan fingerprint density at radius 1 is 1.31 bits per heavy atom. The lowest BCUT2D eigenvalue weighted by atomic mass is 9.46. The molecule has 0 saturated heterocycles. The summed E-state index contributed by atoms with van der Waals surface area (Å²) < 4.78 is 5.25. The van der Waals surface area contributed by atoms with Crippen LogP contribution in [0.5, 0.6) is 0 Å². The Bertz CT molecular complexity index is 674. The summed E-state index contributed by atoms with van der Waals surface area (Å²) in [6, 6.07) is 2.52. The highest BCUT2D eigenvalue weighted by Gasteiger charge is 2.57. The van der Waals surface area contributed by atoms with Crippen molar-refractivity contribution in [3.05, 3.63) is 36.3 Å². The van der Waals surface area contributed by atoms with E-state index in [1.807, 2.05) is 6.26 Å². The molecule has 26 heavy (non-hydrogen) atoms.